The molecule has 0 spiro atoms. The van der Waals surface area contributed by atoms with E-state index in [4.69, 9.17) is 4.42 Å². The number of carbonyl (C=O) groups excluding carboxylic acids is 2. The Morgan fingerprint density at radius 2 is 1.91 bits per heavy atom. The van der Waals surface area contributed by atoms with Crippen molar-refractivity contribution < 1.29 is 14.0 Å². The predicted octanol–water partition coefficient (Wildman–Crippen LogP) is 2.93. The Morgan fingerprint density at radius 1 is 1.14 bits per heavy atom. The van der Waals surface area contributed by atoms with E-state index in [1.165, 1.54) is 0 Å². The van der Waals surface area contributed by atoms with Gasteiger partial charge in [-0.3, -0.25) is 9.59 Å². The van der Waals surface area contributed by atoms with E-state index in [1.807, 2.05) is 24.3 Å². The zero-order valence-corrected chi connectivity index (χ0v) is 13.3. The molecule has 5 nitrogen and oxygen atoms in total. The summed E-state index contributed by atoms with van der Waals surface area (Å²) in [5, 5.41) is 5.63. The highest BCUT2D eigenvalue weighted by atomic mass is 79.9. The molecule has 1 fully saturated rings. The first-order valence-corrected chi connectivity index (χ1v) is 7.80. The molecule has 2 aromatic rings. The lowest BCUT2D eigenvalue weighted by atomic mass is 10.2. The molecule has 1 heterocycles. The first kappa shape index (κ1) is 14.8. The van der Waals surface area contributed by atoms with Crippen LogP contribution in [0.3, 0.4) is 0 Å². The molecular weight excluding hydrogens is 348 g/mol. The first-order chi connectivity index (χ1) is 10.6. The van der Waals surface area contributed by atoms with E-state index >= 15 is 0 Å². The molecule has 0 saturated heterocycles. The van der Waals surface area contributed by atoms with Gasteiger partial charge in [-0.15, -0.1) is 0 Å². The molecule has 6 heteroatoms. The van der Waals surface area contributed by atoms with Crippen LogP contribution in [0.25, 0.3) is 0 Å². The number of para-hydroxylation sites is 1. The summed E-state index contributed by atoms with van der Waals surface area (Å²) in [6, 6.07) is 11.0. The summed E-state index contributed by atoms with van der Waals surface area (Å²) < 4.78 is 5.97. The van der Waals surface area contributed by atoms with Crippen molar-refractivity contribution in [1.29, 1.82) is 0 Å². The lowest BCUT2D eigenvalue weighted by molar-refractivity contribution is -0.125. The monoisotopic (exact) mass is 362 g/mol. The summed E-state index contributed by atoms with van der Waals surface area (Å²) in [4.78, 5) is 24.1. The fourth-order valence-electron chi connectivity index (χ4n) is 2.28. The van der Waals surface area contributed by atoms with Crippen molar-refractivity contribution in [3.8, 4) is 0 Å². The minimum absolute atomic E-state index is 0.108. The van der Waals surface area contributed by atoms with E-state index in [2.05, 4.69) is 26.6 Å². The minimum atomic E-state index is -0.260. The topological polar surface area (TPSA) is 71.3 Å². The third kappa shape index (κ3) is 3.39. The lowest BCUT2D eigenvalue weighted by Crippen LogP contribution is -2.26. The van der Waals surface area contributed by atoms with E-state index < -0.39 is 0 Å². The quantitative estimate of drug-likeness (QED) is 0.858. The summed E-state index contributed by atoms with van der Waals surface area (Å²) in [7, 11) is 0. The molecule has 22 heavy (non-hydrogen) atoms. The van der Waals surface area contributed by atoms with Crippen LogP contribution in [0, 0.1) is 11.8 Å². The summed E-state index contributed by atoms with van der Waals surface area (Å²) in [6.07, 6.45) is 2.15. The van der Waals surface area contributed by atoms with Gasteiger partial charge in [0.1, 0.15) is 5.76 Å². The second-order valence-corrected chi connectivity index (χ2v) is 6.07. The van der Waals surface area contributed by atoms with E-state index in [9.17, 15) is 9.59 Å². The maximum Gasteiger partial charge on any atom is 0.228 e. The van der Waals surface area contributed by atoms with Crippen LogP contribution in [0.5, 0.6) is 0 Å². The molecule has 1 aliphatic rings. The maximum absolute atomic E-state index is 12.1. The fraction of sp³-hybridized carbons (Fsp3) is 0.250. The van der Waals surface area contributed by atoms with Crippen molar-refractivity contribution >= 4 is 33.4 Å². The molecule has 1 aliphatic carbocycles. The number of carbonyl (C=O) groups is 2. The summed E-state index contributed by atoms with van der Waals surface area (Å²) >= 11 is 3.38. The van der Waals surface area contributed by atoms with Crippen molar-refractivity contribution in [1.82, 2.24) is 5.32 Å². The highest BCUT2D eigenvalue weighted by Crippen LogP contribution is 2.40. The first-order valence-electron chi connectivity index (χ1n) is 7.00. The number of furan rings is 1. The molecule has 3 rings (SSSR count). The third-order valence-electron chi connectivity index (χ3n) is 3.61. The van der Waals surface area contributed by atoms with Gasteiger partial charge in [0.25, 0.3) is 0 Å². The summed E-state index contributed by atoms with van der Waals surface area (Å²) in [5.41, 5.74) is 0.717. The number of nitrogens with one attached hydrogen (secondary N) is 2. The average molecular weight is 363 g/mol. The van der Waals surface area contributed by atoms with Gasteiger partial charge >= 0.3 is 0 Å². The van der Waals surface area contributed by atoms with Crippen molar-refractivity contribution in [3.05, 3.63) is 52.9 Å². The molecule has 0 radical (unpaired) electrons. The zero-order valence-electron chi connectivity index (χ0n) is 11.7. The van der Waals surface area contributed by atoms with Crippen LogP contribution < -0.4 is 10.6 Å². The van der Waals surface area contributed by atoms with Crippen molar-refractivity contribution in [2.24, 2.45) is 11.8 Å². The minimum Gasteiger partial charge on any atom is -0.467 e. The van der Waals surface area contributed by atoms with Gasteiger partial charge in [0.2, 0.25) is 11.8 Å². The van der Waals surface area contributed by atoms with Gasteiger partial charge in [0.05, 0.1) is 30.3 Å². The molecule has 2 amide bonds. The Hall–Kier alpha value is -2.08. The Labute approximate surface area is 136 Å². The zero-order chi connectivity index (χ0) is 15.5. The Kier molecular flexibility index (Phi) is 4.29. The van der Waals surface area contributed by atoms with E-state index in [0.29, 0.717) is 24.4 Å². The van der Waals surface area contributed by atoms with Crippen LogP contribution in [-0.2, 0) is 16.1 Å². The summed E-state index contributed by atoms with van der Waals surface area (Å²) in [5.74, 6) is -0.0434. The van der Waals surface area contributed by atoms with Crippen LogP contribution in [0.2, 0.25) is 0 Å². The normalized spacial score (nSPS) is 19.5. The number of halogens is 1. The number of hydrogen-bond acceptors (Lipinski definition) is 3. The second-order valence-electron chi connectivity index (χ2n) is 5.21. The van der Waals surface area contributed by atoms with Crippen molar-refractivity contribution in [2.75, 3.05) is 5.32 Å². The standard InChI is InChI=1S/C16H15BrN2O3/c17-13-5-1-2-6-14(13)19-16(21)12-8-11(12)15(20)18-9-10-4-3-7-22-10/h1-7,11-12H,8-9H2,(H,18,20)(H,19,21). The highest BCUT2D eigenvalue weighted by Gasteiger charge is 2.48. The van der Waals surface area contributed by atoms with Gasteiger partial charge in [-0.25, -0.2) is 0 Å². The number of amides is 2. The fourth-order valence-corrected chi connectivity index (χ4v) is 2.66. The molecule has 2 N–H and O–H groups in total. The molecule has 1 aromatic carbocycles. The molecule has 0 bridgehead atoms. The average Bonchev–Trinajstić information content (AvgIpc) is 3.15. The van der Waals surface area contributed by atoms with Crippen molar-refractivity contribution in [3.63, 3.8) is 0 Å². The van der Waals surface area contributed by atoms with E-state index in [0.717, 1.165) is 4.47 Å². The van der Waals surface area contributed by atoms with Crippen LogP contribution >= 0.6 is 15.9 Å². The van der Waals surface area contributed by atoms with E-state index in [-0.39, 0.29) is 23.7 Å². The molecular formula is C16H15BrN2O3. The highest BCUT2D eigenvalue weighted by molar-refractivity contribution is 9.10. The summed E-state index contributed by atoms with van der Waals surface area (Å²) in [6.45, 7) is 0.348. The van der Waals surface area contributed by atoms with Crippen LogP contribution in [0.1, 0.15) is 12.2 Å². The number of hydrogen-bond donors (Lipinski definition) is 2. The van der Waals surface area contributed by atoms with Crippen LogP contribution in [0.4, 0.5) is 5.69 Å². The van der Waals surface area contributed by atoms with Gasteiger partial charge < -0.3 is 15.1 Å². The van der Waals surface area contributed by atoms with E-state index in [1.54, 1.807) is 18.4 Å². The van der Waals surface area contributed by atoms with Crippen molar-refractivity contribution in [2.45, 2.75) is 13.0 Å². The molecule has 1 aromatic heterocycles. The predicted molar refractivity (Wildman–Crippen MR) is 84.9 cm³/mol. The number of benzene rings is 1. The Morgan fingerprint density at radius 3 is 2.64 bits per heavy atom. The lowest BCUT2D eigenvalue weighted by Gasteiger charge is -2.07. The van der Waals surface area contributed by atoms with Crippen LogP contribution in [0.15, 0.2) is 51.6 Å². The second kappa shape index (κ2) is 6.36. The van der Waals surface area contributed by atoms with Gasteiger partial charge in [0, 0.05) is 4.47 Å². The molecule has 0 aliphatic heterocycles. The largest absolute Gasteiger partial charge is 0.467 e. The SMILES string of the molecule is O=C(NCc1ccco1)C1CC1C(=O)Nc1ccccc1Br. The molecule has 2 unspecified atom stereocenters. The van der Waals surface area contributed by atoms with Gasteiger partial charge in [-0.1, -0.05) is 12.1 Å². The Bertz CT molecular complexity index is 684. The molecule has 114 valence electrons. The van der Waals surface area contributed by atoms with Crippen LogP contribution in [-0.4, -0.2) is 11.8 Å². The molecule has 2 atom stereocenters. The van der Waals surface area contributed by atoms with Gasteiger partial charge in [0.15, 0.2) is 0 Å². The third-order valence-corrected chi connectivity index (χ3v) is 4.30. The Balaban J connectivity index is 1.50. The maximum atomic E-state index is 12.1. The number of rotatable bonds is 5. The number of anilines is 1. The molecule has 1 saturated carbocycles. The van der Waals surface area contributed by atoms with Gasteiger partial charge in [-0.2, -0.15) is 0 Å². The van der Waals surface area contributed by atoms with Gasteiger partial charge in [-0.05, 0) is 46.6 Å². The smallest absolute Gasteiger partial charge is 0.228 e.